The van der Waals surface area contributed by atoms with E-state index in [0.29, 0.717) is 18.7 Å². The summed E-state index contributed by atoms with van der Waals surface area (Å²) in [4.78, 5) is 14.1. The Hall–Kier alpha value is -1.55. The first-order valence-corrected chi connectivity index (χ1v) is 6.40. The topological polar surface area (TPSA) is 55.6 Å². The van der Waals surface area contributed by atoms with Crippen LogP contribution in [0.15, 0.2) is 18.2 Å². The second-order valence-electron chi connectivity index (χ2n) is 4.71. The normalized spacial score (nSPS) is 19.1. The molecule has 1 unspecified atom stereocenters. The van der Waals surface area contributed by atoms with Crippen molar-refractivity contribution in [2.24, 2.45) is 5.73 Å². The third-order valence-electron chi connectivity index (χ3n) is 3.25. The minimum Gasteiger partial charge on any atom is -0.494 e. The zero-order chi connectivity index (χ0) is 13.1. The van der Waals surface area contributed by atoms with Gasteiger partial charge in [0.15, 0.2) is 0 Å². The summed E-state index contributed by atoms with van der Waals surface area (Å²) in [5.74, 6) is 0.829. The Morgan fingerprint density at radius 3 is 2.94 bits per heavy atom. The van der Waals surface area contributed by atoms with Crippen molar-refractivity contribution in [1.29, 1.82) is 0 Å². The van der Waals surface area contributed by atoms with Crippen LogP contribution in [0, 0.1) is 6.92 Å². The van der Waals surface area contributed by atoms with E-state index in [1.165, 1.54) is 0 Å². The second kappa shape index (κ2) is 5.40. The fourth-order valence-electron chi connectivity index (χ4n) is 2.20. The van der Waals surface area contributed by atoms with Gasteiger partial charge in [-0.25, -0.2) is 0 Å². The number of aryl methyl sites for hydroxylation is 1. The maximum atomic E-state index is 12.3. The molecule has 1 amide bonds. The van der Waals surface area contributed by atoms with Crippen molar-refractivity contribution < 1.29 is 9.53 Å². The van der Waals surface area contributed by atoms with Crippen molar-refractivity contribution in [2.45, 2.75) is 26.3 Å². The van der Waals surface area contributed by atoms with Gasteiger partial charge in [0.05, 0.1) is 6.61 Å². The summed E-state index contributed by atoms with van der Waals surface area (Å²) in [5, 5.41) is 0. The highest BCUT2D eigenvalue weighted by Gasteiger charge is 2.24. The number of carbonyl (C=O) groups is 1. The molecule has 18 heavy (non-hydrogen) atoms. The van der Waals surface area contributed by atoms with Gasteiger partial charge in [0.2, 0.25) is 0 Å². The Balaban J connectivity index is 2.17. The van der Waals surface area contributed by atoms with E-state index in [-0.39, 0.29) is 11.9 Å². The lowest BCUT2D eigenvalue weighted by Gasteiger charge is -2.17. The van der Waals surface area contributed by atoms with Crippen LogP contribution in [-0.2, 0) is 0 Å². The van der Waals surface area contributed by atoms with E-state index >= 15 is 0 Å². The number of amides is 1. The molecule has 0 spiro atoms. The van der Waals surface area contributed by atoms with Crippen molar-refractivity contribution in [3.8, 4) is 5.75 Å². The lowest BCUT2D eigenvalue weighted by Crippen LogP contribution is -2.31. The Kier molecular flexibility index (Phi) is 3.87. The summed E-state index contributed by atoms with van der Waals surface area (Å²) in [6.45, 7) is 5.92. The first kappa shape index (κ1) is 12.9. The molecule has 0 bridgehead atoms. The van der Waals surface area contributed by atoms with Crippen LogP contribution in [0.1, 0.15) is 29.3 Å². The van der Waals surface area contributed by atoms with Gasteiger partial charge in [0.1, 0.15) is 5.75 Å². The van der Waals surface area contributed by atoms with Crippen LogP contribution >= 0.6 is 0 Å². The highest BCUT2D eigenvalue weighted by atomic mass is 16.5. The largest absolute Gasteiger partial charge is 0.494 e. The zero-order valence-corrected chi connectivity index (χ0v) is 11.0. The minimum absolute atomic E-state index is 0.0453. The molecule has 4 heteroatoms. The molecule has 0 aliphatic carbocycles. The van der Waals surface area contributed by atoms with Crippen LogP contribution in [-0.4, -0.2) is 36.5 Å². The Morgan fingerprint density at radius 1 is 1.56 bits per heavy atom. The van der Waals surface area contributed by atoms with Crippen LogP contribution in [0.2, 0.25) is 0 Å². The SMILES string of the molecule is CCOc1cc(C(=O)N2CCC(N)C2)ccc1C. The molecule has 1 aromatic rings. The number of benzene rings is 1. The van der Waals surface area contributed by atoms with Crippen LogP contribution in [0.3, 0.4) is 0 Å². The molecule has 1 saturated heterocycles. The molecule has 2 rings (SSSR count). The molecule has 1 aliphatic heterocycles. The third-order valence-corrected chi connectivity index (χ3v) is 3.25. The zero-order valence-electron chi connectivity index (χ0n) is 11.0. The number of rotatable bonds is 3. The van der Waals surface area contributed by atoms with E-state index in [1.807, 2.05) is 36.9 Å². The second-order valence-corrected chi connectivity index (χ2v) is 4.71. The number of likely N-dealkylation sites (tertiary alicyclic amines) is 1. The number of carbonyl (C=O) groups excluding carboxylic acids is 1. The molecule has 98 valence electrons. The van der Waals surface area contributed by atoms with E-state index in [0.717, 1.165) is 24.3 Å². The van der Waals surface area contributed by atoms with Gasteiger partial charge < -0.3 is 15.4 Å². The lowest BCUT2D eigenvalue weighted by molar-refractivity contribution is 0.0790. The van der Waals surface area contributed by atoms with E-state index in [1.54, 1.807) is 0 Å². The van der Waals surface area contributed by atoms with Gasteiger partial charge in [0, 0.05) is 24.7 Å². The third kappa shape index (κ3) is 2.64. The Morgan fingerprint density at radius 2 is 2.33 bits per heavy atom. The molecule has 1 atom stereocenters. The Labute approximate surface area is 108 Å². The van der Waals surface area contributed by atoms with Gasteiger partial charge in [-0.1, -0.05) is 6.07 Å². The van der Waals surface area contributed by atoms with Crippen molar-refractivity contribution in [3.63, 3.8) is 0 Å². The monoisotopic (exact) mass is 248 g/mol. The molecule has 0 aromatic heterocycles. The predicted octanol–water partition coefficient (Wildman–Crippen LogP) is 1.57. The molecule has 1 fully saturated rings. The minimum atomic E-state index is 0.0453. The molecule has 4 nitrogen and oxygen atoms in total. The number of hydrogen-bond donors (Lipinski definition) is 1. The van der Waals surface area contributed by atoms with Gasteiger partial charge >= 0.3 is 0 Å². The fourth-order valence-corrected chi connectivity index (χ4v) is 2.20. The summed E-state index contributed by atoms with van der Waals surface area (Å²) in [5.41, 5.74) is 7.55. The molecule has 0 radical (unpaired) electrons. The average molecular weight is 248 g/mol. The average Bonchev–Trinajstić information content (AvgIpc) is 2.78. The molecule has 0 saturated carbocycles. The van der Waals surface area contributed by atoms with Gasteiger partial charge in [-0.15, -0.1) is 0 Å². The highest BCUT2D eigenvalue weighted by molar-refractivity contribution is 5.95. The summed E-state index contributed by atoms with van der Waals surface area (Å²) in [7, 11) is 0. The highest BCUT2D eigenvalue weighted by Crippen LogP contribution is 2.21. The standard InChI is InChI=1S/C14H20N2O2/c1-3-18-13-8-11(5-4-10(13)2)14(17)16-7-6-12(15)9-16/h4-5,8,12H,3,6-7,9,15H2,1-2H3. The van der Waals surface area contributed by atoms with Crippen molar-refractivity contribution in [2.75, 3.05) is 19.7 Å². The van der Waals surface area contributed by atoms with Gasteiger partial charge in [-0.3, -0.25) is 4.79 Å². The molecule has 2 N–H and O–H groups in total. The van der Waals surface area contributed by atoms with Gasteiger partial charge in [0.25, 0.3) is 5.91 Å². The van der Waals surface area contributed by atoms with E-state index in [2.05, 4.69) is 0 Å². The van der Waals surface area contributed by atoms with Crippen LogP contribution in [0.25, 0.3) is 0 Å². The quantitative estimate of drug-likeness (QED) is 0.883. The lowest BCUT2D eigenvalue weighted by atomic mass is 10.1. The summed E-state index contributed by atoms with van der Waals surface area (Å²) in [6, 6.07) is 5.72. The molecular weight excluding hydrogens is 228 g/mol. The molecule has 1 heterocycles. The molecular formula is C14H20N2O2. The maximum absolute atomic E-state index is 12.3. The number of nitrogens with two attached hydrogens (primary N) is 1. The van der Waals surface area contributed by atoms with Crippen molar-refractivity contribution in [1.82, 2.24) is 4.90 Å². The first-order chi connectivity index (χ1) is 8.61. The van der Waals surface area contributed by atoms with E-state index in [9.17, 15) is 4.79 Å². The summed E-state index contributed by atoms with van der Waals surface area (Å²) >= 11 is 0. The van der Waals surface area contributed by atoms with Gasteiger partial charge in [-0.2, -0.15) is 0 Å². The predicted molar refractivity (Wildman–Crippen MR) is 70.8 cm³/mol. The van der Waals surface area contributed by atoms with Gasteiger partial charge in [-0.05, 0) is 38.0 Å². The number of nitrogens with zero attached hydrogens (tertiary/aromatic N) is 1. The smallest absolute Gasteiger partial charge is 0.254 e. The summed E-state index contributed by atoms with van der Waals surface area (Å²) in [6.07, 6.45) is 0.885. The van der Waals surface area contributed by atoms with E-state index < -0.39 is 0 Å². The van der Waals surface area contributed by atoms with Crippen molar-refractivity contribution in [3.05, 3.63) is 29.3 Å². The Bertz CT molecular complexity index is 445. The van der Waals surface area contributed by atoms with Crippen molar-refractivity contribution >= 4 is 5.91 Å². The van der Waals surface area contributed by atoms with Crippen LogP contribution in [0.5, 0.6) is 5.75 Å². The first-order valence-electron chi connectivity index (χ1n) is 6.40. The molecule has 1 aromatic carbocycles. The summed E-state index contributed by atoms with van der Waals surface area (Å²) < 4.78 is 5.52. The van der Waals surface area contributed by atoms with Crippen LogP contribution in [0.4, 0.5) is 0 Å². The maximum Gasteiger partial charge on any atom is 0.254 e. The molecule has 1 aliphatic rings. The van der Waals surface area contributed by atoms with E-state index in [4.69, 9.17) is 10.5 Å². The fraction of sp³-hybridized carbons (Fsp3) is 0.500. The number of ether oxygens (including phenoxy) is 1. The van der Waals surface area contributed by atoms with Crippen LogP contribution < -0.4 is 10.5 Å². The number of hydrogen-bond acceptors (Lipinski definition) is 3.